The Hall–Kier alpha value is -0.650. The van der Waals surface area contributed by atoms with Gasteiger partial charge in [-0.05, 0) is 31.6 Å². The van der Waals surface area contributed by atoms with Gasteiger partial charge >= 0.3 is 0 Å². The molecule has 1 aliphatic heterocycles. The molecule has 2 aliphatic rings. The zero-order valence-corrected chi connectivity index (χ0v) is 13.6. The van der Waals surface area contributed by atoms with Crippen molar-refractivity contribution in [1.82, 2.24) is 15.1 Å². The lowest BCUT2D eigenvalue weighted by Gasteiger charge is -2.41. The minimum absolute atomic E-state index is 0.225. The first-order valence-corrected chi connectivity index (χ1v) is 8.42. The fourth-order valence-corrected chi connectivity index (χ4v) is 3.43. The smallest absolute Gasteiger partial charge is 0.236 e. The Bertz CT molecular complexity index is 309. The Kier molecular flexibility index (Phi) is 6.93. The van der Waals surface area contributed by atoms with Crippen LogP contribution in [0.5, 0.6) is 0 Å². The number of nitrogens with zero attached hydrogens (tertiary/aromatic N) is 2. The van der Waals surface area contributed by atoms with Crippen molar-refractivity contribution in [2.45, 2.75) is 38.6 Å². The van der Waals surface area contributed by atoms with Crippen LogP contribution in [0.25, 0.3) is 0 Å². The van der Waals surface area contributed by atoms with Crippen LogP contribution in [0.15, 0.2) is 0 Å². The summed E-state index contributed by atoms with van der Waals surface area (Å²) in [6.07, 6.45) is 5.42. The van der Waals surface area contributed by atoms with E-state index >= 15 is 0 Å². The molecule has 0 aromatic rings. The van der Waals surface area contributed by atoms with Crippen molar-refractivity contribution in [3.63, 3.8) is 0 Å². The molecule has 2 rings (SSSR count). The summed E-state index contributed by atoms with van der Waals surface area (Å²) in [4.78, 5) is 16.7. The third-order valence-electron chi connectivity index (χ3n) is 4.93. The summed E-state index contributed by atoms with van der Waals surface area (Å²) < 4.78 is 4.96. The molecule has 1 heterocycles. The number of ether oxygens (including phenoxy) is 1. The highest BCUT2D eigenvalue weighted by molar-refractivity contribution is 5.78. The van der Waals surface area contributed by atoms with Crippen molar-refractivity contribution < 1.29 is 9.53 Å². The first-order valence-electron chi connectivity index (χ1n) is 8.42. The molecule has 0 atom stereocenters. The summed E-state index contributed by atoms with van der Waals surface area (Å²) in [5.74, 6) is 1.13. The van der Waals surface area contributed by atoms with Gasteiger partial charge in [-0.15, -0.1) is 0 Å². The van der Waals surface area contributed by atoms with E-state index in [2.05, 4.69) is 17.1 Å². The fraction of sp³-hybridized carbons (Fsp3) is 0.938. The van der Waals surface area contributed by atoms with Crippen LogP contribution in [-0.2, 0) is 9.53 Å². The van der Waals surface area contributed by atoms with Gasteiger partial charge in [-0.3, -0.25) is 9.69 Å². The van der Waals surface area contributed by atoms with Gasteiger partial charge in [0.1, 0.15) is 0 Å². The summed E-state index contributed by atoms with van der Waals surface area (Å²) >= 11 is 0. The molecule has 0 aromatic carbocycles. The molecule has 21 heavy (non-hydrogen) atoms. The number of hydrogen-bond donors (Lipinski definition) is 1. The summed E-state index contributed by atoms with van der Waals surface area (Å²) in [6, 6.07) is 0.762. The minimum atomic E-state index is 0.225. The monoisotopic (exact) mass is 297 g/mol. The second-order valence-corrected chi connectivity index (χ2v) is 6.50. The fourth-order valence-electron chi connectivity index (χ4n) is 3.43. The predicted molar refractivity (Wildman–Crippen MR) is 84.3 cm³/mol. The molecule has 5 heteroatoms. The Morgan fingerprint density at radius 1 is 1.14 bits per heavy atom. The number of hydrogen-bond acceptors (Lipinski definition) is 4. The molecule has 2 fully saturated rings. The number of carbonyl (C=O) groups is 1. The van der Waals surface area contributed by atoms with E-state index in [4.69, 9.17) is 4.74 Å². The van der Waals surface area contributed by atoms with Crippen LogP contribution < -0.4 is 5.32 Å². The van der Waals surface area contributed by atoms with E-state index in [1.54, 1.807) is 7.11 Å². The van der Waals surface area contributed by atoms with E-state index < -0.39 is 0 Å². The zero-order valence-electron chi connectivity index (χ0n) is 13.6. The van der Waals surface area contributed by atoms with Crippen molar-refractivity contribution in [3.05, 3.63) is 0 Å². The molecule has 0 radical (unpaired) electrons. The molecule has 1 amide bonds. The van der Waals surface area contributed by atoms with Gasteiger partial charge < -0.3 is 15.0 Å². The second kappa shape index (κ2) is 8.71. The van der Waals surface area contributed by atoms with Gasteiger partial charge in [-0.2, -0.15) is 0 Å². The van der Waals surface area contributed by atoms with Crippen LogP contribution >= 0.6 is 0 Å². The Labute approximate surface area is 129 Å². The van der Waals surface area contributed by atoms with Gasteiger partial charge in [-0.25, -0.2) is 0 Å². The molecule has 0 unspecified atom stereocenters. The molecule has 1 saturated carbocycles. The third-order valence-corrected chi connectivity index (χ3v) is 4.93. The van der Waals surface area contributed by atoms with E-state index in [-0.39, 0.29) is 5.91 Å². The first kappa shape index (κ1) is 16.7. The predicted octanol–water partition coefficient (Wildman–Crippen LogP) is 0.945. The Balaban J connectivity index is 1.64. The molecule has 0 aromatic heterocycles. The van der Waals surface area contributed by atoms with Crippen molar-refractivity contribution in [3.8, 4) is 0 Å². The Morgan fingerprint density at radius 3 is 2.43 bits per heavy atom. The lowest BCUT2D eigenvalue weighted by Crippen LogP contribution is -2.54. The maximum absolute atomic E-state index is 12.1. The van der Waals surface area contributed by atoms with E-state index in [1.165, 1.54) is 25.7 Å². The van der Waals surface area contributed by atoms with Crippen LogP contribution in [0.2, 0.25) is 0 Å². The highest BCUT2D eigenvalue weighted by Crippen LogP contribution is 2.27. The number of piperazine rings is 1. The Morgan fingerprint density at radius 2 is 1.81 bits per heavy atom. The van der Waals surface area contributed by atoms with Crippen molar-refractivity contribution in [2.24, 2.45) is 5.92 Å². The largest absolute Gasteiger partial charge is 0.383 e. The molecule has 5 nitrogen and oxygen atoms in total. The maximum atomic E-state index is 12.1. The molecule has 1 N–H and O–H groups in total. The number of nitrogens with one attached hydrogen (secondary N) is 1. The highest BCUT2D eigenvalue weighted by Gasteiger charge is 2.28. The first-order chi connectivity index (χ1) is 10.2. The number of carbonyl (C=O) groups excluding carboxylic acids is 1. The lowest BCUT2D eigenvalue weighted by molar-refractivity contribution is -0.132. The van der Waals surface area contributed by atoms with Gasteiger partial charge in [-0.1, -0.05) is 6.92 Å². The van der Waals surface area contributed by atoms with Crippen LogP contribution in [0.4, 0.5) is 0 Å². The second-order valence-electron chi connectivity index (χ2n) is 6.50. The van der Waals surface area contributed by atoms with E-state index in [0.717, 1.165) is 44.7 Å². The summed E-state index contributed by atoms with van der Waals surface area (Å²) in [7, 11) is 1.68. The number of methoxy groups -OCH3 is 1. The van der Waals surface area contributed by atoms with Crippen LogP contribution in [0, 0.1) is 5.92 Å². The number of rotatable bonds is 6. The van der Waals surface area contributed by atoms with Crippen LogP contribution in [0.1, 0.15) is 32.6 Å². The molecular weight excluding hydrogens is 266 g/mol. The normalized spacial score (nSPS) is 27.8. The lowest BCUT2D eigenvalue weighted by atomic mass is 9.86. The van der Waals surface area contributed by atoms with Gasteiger partial charge in [0.25, 0.3) is 0 Å². The van der Waals surface area contributed by atoms with E-state index in [0.29, 0.717) is 13.2 Å². The van der Waals surface area contributed by atoms with Crippen LogP contribution in [0.3, 0.4) is 0 Å². The van der Waals surface area contributed by atoms with Gasteiger partial charge in [0.05, 0.1) is 13.2 Å². The molecule has 0 spiro atoms. The molecule has 1 aliphatic carbocycles. The summed E-state index contributed by atoms with van der Waals surface area (Å²) in [5, 5.41) is 3.13. The minimum Gasteiger partial charge on any atom is -0.383 e. The average molecular weight is 297 g/mol. The highest BCUT2D eigenvalue weighted by atomic mass is 16.5. The van der Waals surface area contributed by atoms with Crippen molar-refractivity contribution >= 4 is 5.91 Å². The van der Waals surface area contributed by atoms with Crippen molar-refractivity contribution in [2.75, 3.05) is 53.0 Å². The molecule has 122 valence electrons. The van der Waals surface area contributed by atoms with Crippen LogP contribution in [-0.4, -0.2) is 74.7 Å². The molecule has 0 bridgehead atoms. The summed E-state index contributed by atoms with van der Waals surface area (Å²) in [6.45, 7) is 8.05. The van der Waals surface area contributed by atoms with Gasteiger partial charge in [0, 0.05) is 45.9 Å². The zero-order chi connectivity index (χ0) is 15.1. The standard InChI is InChI=1S/C16H31N3O2/c1-14-3-5-15(6-4-14)18-8-10-19(11-9-18)16(20)13-17-7-12-21-2/h14-15,17H,3-13H2,1-2H3. The molecular formula is C16H31N3O2. The topological polar surface area (TPSA) is 44.8 Å². The maximum Gasteiger partial charge on any atom is 0.236 e. The third kappa shape index (κ3) is 5.24. The average Bonchev–Trinajstić information content (AvgIpc) is 2.52. The van der Waals surface area contributed by atoms with Gasteiger partial charge in [0.2, 0.25) is 5.91 Å². The SMILES string of the molecule is COCCNCC(=O)N1CCN(C2CCC(C)CC2)CC1. The van der Waals surface area contributed by atoms with E-state index in [1.807, 2.05) is 4.90 Å². The quantitative estimate of drug-likeness (QED) is 0.741. The van der Waals surface area contributed by atoms with E-state index in [9.17, 15) is 4.79 Å². The van der Waals surface area contributed by atoms with Crippen molar-refractivity contribution in [1.29, 1.82) is 0 Å². The summed E-state index contributed by atoms with van der Waals surface area (Å²) in [5.41, 5.74) is 0. The molecule has 1 saturated heterocycles. The van der Waals surface area contributed by atoms with Gasteiger partial charge in [0.15, 0.2) is 0 Å². The number of amides is 1.